The highest BCUT2D eigenvalue weighted by Gasteiger charge is 2.05. The van der Waals surface area contributed by atoms with Crippen LogP contribution in [0.25, 0.3) is 0 Å². The highest BCUT2D eigenvalue weighted by Crippen LogP contribution is 2.27. The highest BCUT2D eigenvalue weighted by molar-refractivity contribution is 9.10. The number of aryl methyl sites for hydroxylation is 2. The third-order valence-corrected chi connectivity index (χ3v) is 3.62. The van der Waals surface area contributed by atoms with Crippen LogP contribution >= 0.6 is 27.5 Å². The van der Waals surface area contributed by atoms with E-state index in [-0.39, 0.29) is 0 Å². The van der Waals surface area contributed by atoms with Crippen LogP contribution < -0.4 is 4.74 Å². The number of benzene rings is 1. The fourth-order valence-corrected chi connectivity index (χ4v) is 2.08. The lowest BCUT2D eigenvalue weighted by Gasteiger charge is -2.03. The van der Waals surface area contributed by atoms with E-state index in [1.54, 1.807) is 0 Å². The molecule has 0 aliphatic rings. The quantitative estimate of drug-likeness (QED) is 0.860. The van der Waals surface area contributed by atoms with Gasteiger partial charge in [0.15, 0.2) is 0 Å². The Kier molecular flexibility index (Phi) is 3.56. The summed E-state index contributed by atoms with van der Waals surface area (Å²) in [4.78, 5) is 4.25. The fraction of sp³-hybridized carbons (Fsp3) is 0.273. The Morgan fingerprint density at radius 3 is 2.88 bits per heavy atom. The molecule has 0 aliphatic carbocycles. The van der Waals surface area contributed by atoms with E-state index < -0.39 is 0 Å². The van der Waals surface area contributed by atoms with Crippen LogP contribution in [0, 0.1) is 6.92 Å². The van der Waals surface area contributed by atoms with Crippen molar-refractivity contribution in [3.05, 3.63) is 34.1 Å². The molecule has 0 unspecified atom stereocenters. The number of halogens is 1. The van der Waals surface area contributed by atoms with Crippen molar-refractivity contribution in [1.82, 2.24) is 9.36 Å². The van der Waals surface area contributed by atoms with Crippen LogP contribution in [0.3, 0.4) is 0 Å². The first kappa shape index (κ1) is 11.5. The summed E-state index contributed by atoms with van der Waals surface area (Å²) in [6.45, 7) is 4.05. The Morgan fingerprint density at radius 1 is 1.44 bits per heavy atom. The second-order valence-electron chi connectivity index (χ2n) is 3.34. The first-order valence-corrected chi connectivity index (χ1v) is 6.52. The van der Waals surface area contributed by atoms with E-state index in [9.17, 15) is 0 Å². The Bertz CT molecular complexity index is 498. The third kappa shape index (κ3) is 2.59. The van der Waals surface area contributed by atoms with Crippen LogP contribution in [0.5, 0.6) is 10.9 Å². The maximum absolute atomic E-state index is 5.62. The van der Waals surface area contributed by atoms with Gasteiger partial charge in [0.05, 0.1) is 0 Å². The van der Waals surface area contributed by atoms with Gasteiger partial charge in [0, 0.05) is 22.4 Å². The number of hydrogen-bond acceptors (Lipinski definition) is 4. The number of ether oxygens (including phenoxy) is 1. The van der Waals surface area contributed by atoms with Gasteiger partial charge in [0.2, 0.25) is 0 Å². The molecule has 0 saturated carbocycles. The lowest BCUT2D eigenvalue weighted by molar-refractivity contribution is 0.477. The molecule has 0 radical (unpaired) electrons. The van der Waals surface area contributed by atoms with Crippen LogP contribution in [0.2, 0.25) is 0 Å². The second-order valence-corrected chi connectivity index (χ2v) is 4.91. The fourth-order valence-electron chi connectivity index (χ4n) is 1.20. The molecule has 0 amide bonds. The normalized spacial score (nSPS) is 10.4. The maximum Gasteiger partial charge on any atom is 0.298 e. The summed E-state index contributed by atoms with van der Waals surface area (Å²) in [7, 11) is 0. The zero-order valence-corrected chi connectivity index (χ0v) is 11.4. The number of aromatic nitrogens is 2. The first-order valence-electron chi connectivity index (χ1n) is 4.95. The first-order chi connectivity index (χ1) is 7.69. The van der Waals surface area contributed by atoms with Crippen LogP contribution in [0.4, 0.5) is 0 Å². The number of nitrogens with zero attached hydrogens (tertiary/aromatic N) is 2. The molecule has 1 aromatic carbocycles. The molecule has 16 heavy (non-hydrogen) atoms. The predicted octanol–water partition coefficient (Wildman–Crippen LogP) is 3.96. The minimum absolute atomic E-state index is 0.596. The van der Waals surface area contributed by atoms with Crippen LogP contribution in [-0.2, 0) is 6.42 Å². The molecule has 0 aliphatic heterocycles. The summed E-state index contributed by atoms with van der Waals surface area (Å²) in [6.07, 6.45) is 0.833. The van der Waals surface area contributed by atoms with Crippen LogP contribution in [0.15, 0.2) is 22.7 Å². The van der Waals surface area contributed by atoms with E-state index in [2.05, 4.69) is 25.3 Å². The average molecular weight is 299 g/mol. The van der Waals surface area contributed by atoms with Crippen molar-refractivity contribution in [1.29, 1.82) is 0 Å². The molecule has 0 bridgehead atoms. The SMILES string of the molecule is CCc1nsc(Oc2ccc(Br)c(C)c2)n1. The maximum atomic E-state index is 5.62. The van der Waals surface area contributed by atoms with Crippen LogP contribution in [0.1, 0.15) is 18.3 Å². The molecule has 0 N–H and O–H groups in total. The Morgan fingerprint density at radius 2 is 2.25 bits per heavy atom. The molecule has 2 aromatic rings. The molecular formula is C11H11BrN2OS. The van der Waals surface area contributed by atoms with Crippen molar-refractivity contribution in [3.8, 4) is 10.9 Å². The summed E-state index contributed by atoms with van der Waals surface area (Å²) in [5, 5.41) is 0.596. The van der Waals surface area contributed by atoms with Gasteiger partial charge in [-0.2, -0.15) is 9.36 Å². The zero-order valence-electron chi connectivity index (χ0n) is 9.03. The van der Waals surface area contributed by atoms with Gasteiger partial charge < -0.3 is 4.74 Å². The molecule has 0 saturated heterocycles. The molecule has 0 atom stereocenters. The summed E-state index contributed by atoms with van der Waals surface area (Å²) in [6, 6.07) is 5.84. The van der Waals surface area contributed by atoms with Crippen LogP contribution in [-0.4, -0.2) is 9.36 Å². The second kappa shape index (κ2) is 4.93. The van der Waals surface area contributed by atoms with E-state index in [4.69, 9.17) is 4.74 Å². The summed E-state index contributed by atoms with van der Waals surface area (Å²) < 4.78 is 10.9. The monoisotopic (exact) mass is 298 g/mol. The van der Waals surface area contributed by atoms with E-state index in [0.29, 0.717) is 5.19 Å². The molecule has 1 aromatic heterocycles. The molecular weight excluding hydrogens is 288 g/mol. The highest BCUT2D eigenvalue weighted by atomic mass is 79.9. The lowest BCUT2D eigenvalue weighted by atomic mass is 10.2. The third-order valence-electron chi connectivity index (χ3n) is 2.10. The van der Waals surface area contributed by atoms with Crippen molar-refractivity contribution < 1.29 is 4.74 Å². The Labute approximate surface area is 107 Å². The molecule has 0 spiro atoms. The van der Waals surface area contributed by atoms with Crippen molar-refractivity contribution >= 4 is 27.5 Å². The molecule has 3 nitrogen and oxygen atoms in total. The number of rotatable bonds is 3. The standard InChI is InChI=1S/C11H11BrN2OS/c1-3-10-13-11(16-14-10)15-8-4-5-9(12)7(2)6-8/h4-6H,3H2,1-2H3. The van der Waals surface area contributed by atoms with E-state index in [0.717, 1.165) is 28.0 Å². The Hall–Kier alpha value is -0.940. The lowest BCUT2D eigenvalue weighted by Crippen LogP contribution is -1.86. The minimum Gasteiger partial charge on any atom is -0.430 e. The molecule has 2 rings (SSSR count). The summed E-state index contributed by atoms with van der Waals surface area (Å²) in [5.74, 6) is 1.62. The number of hydrogen-bond donors (Lipinski definition) is 0. The topological polar surface area (TPSA) is 35.0 Å². The van der Waals surface area contributed by atoms with Gasteiger partial charge in [-0.1, -0.05) is 22.9 Å². The van der Waals surface area contributed by atoms with Crippen molar-refractivity contribution in [2.75, 3.05) is 0 Å². The van der Waals surface area contributed by atoms with Gasteiger partial charge in [0.1, 0.15) is 11.6 Å². The van der Waals surface area contributed by atoms with E-state index >= 15 is 0 Å². The smallest absolute Gasteiger partial charge is 0.298 e. The predicted molar refractivity (Wildman–Crippen MR) is 68.2 cm³/mol. The molecule has 0 fully saturated rings. The van der Waals surface area contributed by atoms with Gasteiger partial charge in [-0.05, 0) is 30.7 Å². The molecule has 5 heteroatoms. The van der Waals surface area contributed by atoms with E-state index in [1.807, 2.05) is 32.0 Å². The van der Waals surface area contributed by atoms with Crippen molar-refractivity contribution in [2.45, 2.75) is 20.3 Å². The zero-order chi connectivity index (χ0) is 11.5. The molecule has 84 valence electrons. The minimum atomic E-state index is 0.596. The van der Waals surface area contributed by atoms with Crippen molar-refractivity contribution in [3.63, 3.8) is 0 Å². The molecule has 1 heterocycles. The Balaban J connectivity index is 2.17. The van der Waals surface area contributed by atoms with Gasteiger partial charge in [-0.3, -0.25) is 0 Å². The van der Waals surface area contributed by atoms with Gasteiger partial charge in [-0.15, -0.1) is 0 Å². The summed E-state index contributed by atoms with van der Waals surface area (Å²) in [5.41, 5.74) is 1.14. The van der Waals surface area contributed by atoms with Crippen molar-refractivity contribution in [2.24, 2.45) is 0 Å². The van der Waals surface area contributed by atoms with Gasteiger partial charge in [-0.25, -0.2) is 0 Å². The van der Waals surface area contributed by atoms with Gasteiger partial charge in [0.25, 0.3) is 5.19 Å². The largest absolute Gasteiger partial charge is 0.430 e. The van der Waals surface area contributed by atoms with Gasteiger partial charge >= 0.3 is 0 Å². The van der Waals surface area contributed by atoms with E-state index in [1.165, 1.54) is 11.5 Å². The summed E-state index contributed by atoms with van der Waals surface area (Å²) >= 11 is 4.73. The average Bonchev–Trinajstić information content (AvgIpc) is 2.71.